The van der Waals surface area contributed by atoms with E-state index in [0.29, 0.717) is 28.5 Å². The smallest absolute Gasteiger partial charge is 0.340 e. The van der Waals surface area contributed by atoms with E-state index in [1.54, 1.807) is 19.3 Å². The molecule has 2 heterocycles. The maximum absolute atomic E-state index is 12.6. The van der Waals surface area contributed by atoms with Crippen LogP contribution in [-0.2, 0) is 16.0 Å². The molecule has 0 fully saturated rings. The molecule has 2 aromatic heterocycles. The molecule has 33 heavy (non-hydrogen) atoms. The van der Waals surface area contributed by atoms with Gasteiger partial charge in [-0.25, -0.2) is 4.79 Å². The van der Waals surface area contributed by atoms with Crippen LogP contribution < -0.4 is 16.0 Å². The van der Waals surface area contributed by atoms with Crippen LogP contribution in [0.3, 0.4) is 0 Å². The highest BCUT2D eigenvalue weighted by molar-refractivity contribution is 6.02. The molecule has 0 aliphatic heterocycles. The summed E-state index contributed by atoms with van der Waals surface area (Å²) >= 11 is 0. The van der Waals surface area contributed by atoms with Crippen LogP contribution in [0.2, 0.25) is 0 Å². The van der Waals surface area contributed by atoms with Crippen molar-refractivity contribution in [2.24, 2.45) is 0 Å². The van der Waals surface area contributed by atoms with Gasteiger partial charge in [-0.2, -0.15) is 0 Å². The lowest BCUT2D eigenvalue weighted by molar-refractivity contribution is -0.308. The predicted octanol–water partition coefficient (Wildman–Crippen LogP) is 3.48. The van der Waals surface area contributed by atoms with E-state index in [9.17, 15) is 19.5 Å². The first-order valence-electron chi connectivity index (χ1n) is 10.9. The van der Waals surface area contributed by atoms with E-state index in [-0.39, 0.29) is 18.4 Å². The summed E-state index contributed by atoms with van der Waals surface area (Å²) in [6, 6.07) is 12.2. The van der Waals surface area contributed by atoms with Crippen LogP contribution >= 0.6 is 0 Å². The van der Waals surface area contributed by atoms with Gasteiger partial charge in [0, 0.05) is 22.4 Å². The Morgan fingerprint density at radius 2 is 1.85 bits per heavy atom. The molecule has 0 unspecified atom stereocenters. The van der Waals surface area contributed by atoms with E-state index in [2.05, 4.69) is 5.32 Å². The summed E-state index contributed by atoms with van der Waals surface area (Å²) in [7, 11) is 0. The van der Waals surface area contributed by atoms with Crippen molar-refractivity contribution in [3.05, 3.63) is 70.3 Å². The molecule has 0 saturated heterocycles. The topological polar surface area (TPSA) is 113 Å². The highest BCUT2D eigenvalue weighted by atomic mass is 16.4. The van der Waals surface area contributed by atoms with Gasteiger partial charge in [-0.05, 0) is 30.5 Å². The molecule has 170 valence electrons. The second kappa shape index (κ2) is 9.32. The second-order valence-corrected chi connectivity index (χ2v) is 8.11. The van der Waals surface area contributed by atoms with Crippen LogP contribution in [-0.4, -0.2) is 17.9 Å². The third-order valence-corrected chi connectivity index (χ3v) is 5.87. The van der Waals surface area contributed by atoms with Gasteiger partial charge in [0.2, 0.25) is 5.91 Å². The first-order valence-corrected chi connectivity index (χ1v) is 10.9. The van der Waals surface area contributed by atoms with Crippen molar-refractivity contribution in [2.45, 2.75) is 45.6 Å². The van der Waals surface area contributed by atoms with Crippen LogP contribution in [0.5, 0.6) is 0 Å². The van der Waals surface area contributed by atoms with Crippen molar-refractivity contribution in [2.75, 3.05) is 0 Å². The quantitative estimate of drug-likeness (QED) is 0.415. The van der Waals surface area contributed by atoms with Gasteiger partial charge in [-0.3, -0.25) is 4.79 Å². The van der Waals surface area contributed by atoms with E-state index < -0.39 is 23.5 Å². The maximum Gasteiger partial charge on any atom is 0.340 e. The fourth-order valence-corrected chi connectivity index (χ4v) is 4.02. The lowest BCUT2D eigenvalue weighted by Crippen LogP contribution is -2.48. The summed E-state index contributed by atoms with van der Waals surface area (Å²) in [6.45, 7) is 3.68. The third kappa shape index (κ3) is 4.53. The molecule has 4 aromatic rings. The zero-order valence-electron chi connectivity index (χ0n) is 18.5. The number of amides is 1. The van der Waals surface area contributed by atoms with Crippen LogP contribution in [0, 0.1) is 6.92 Å². The molecular weight excluding hydrogens is 422 g/mol. The number of hydrogen-bond acceptors (Lipinski definition) is 6. The fourth-order valence-electron chi connectivity index (χ4n) is 4.02. The van der Waals surface area contributed by atoms with Gasteiger partial charge < -0.3 is 24.1 Å². The molecule has 4 rings (SSSR count). The largest absolute Gasteiger partial charge is 0.548 e. The molecule has 1 N–H and O–H groups in total. The van der Waals surface area contributed by atoms with E-state index in [0.717, 1.165) is 22.9 Å². The molecule has 7 nitrogen and oxygen atoms in total. The van der Waals surface area contributed by atoms with Gasteiger partial charge >= 0.3 is 5.63 Å². The van der Waals surface area contributed by atoms with Gasteiger partial charge in [0.05, 0.1) is 30.3 Å². The zero-order valence-corrected chi connectivity index (χ0v) is 18.5. The monoisotopic (exact) mass is 446 g/mol. The van der Waals surface area contributed by atoms with Crippen molar-refractivity contribution in [3.8, 4) is 11.1 Å². The van der Waals surface area contributed by atoms with E-state index >= 15 is 0 Å². The molecule has 0 radical (unpaired) electrons. The standard InChI is InChI=1S/C26H25NO6/c1-3-4-10-21(25(29)30)27-24(28)12-18-15(2)17-11-19-20(16-8-6-5-7-9-16)14-32-22(19)13-23(17)33-26(18)31/h5-9,11,13-14,21H,3-4,10,12H2,1-2H3,(H,27,28)(H,29,30)/p-1/t21-/m0/s1. The molecule has 2 aromatic carbocycles. The van der Waals surface area contributed by atoms with Gasteiger partial charge in [0.15, 0.2) is 0 Å². The summed E-state index contributed by atoms with van der Waals surface area (Å²) < 4.78 is 11.2. The van der Waals surface area contributed by atoms with Gasteiger partial charge in [0.25, 0.3) is 0 Å². The zero-order chi connectivity index (χ0) is 23.5. The highest BCUT2D eigenvalue weighted by Crippen LogP contribution is 2.34. The first-order chi connectivity index (χ1) is 15.9. The Hall–Kier alpha value is -3.87. The number of furan rings is 1. The average Bonchev–Trinajstić information content (AvgIpc) is 3.21. The van der Waals surface area contributed by atoms with Gasteiger partial charge in [0.1, 0.15) is 11.2 Å². The van der Waals surface area contributed by atoms with Crippen LogP contribution in [0.1, 0.15) is 37.3 Å². The first kappa shape index (κ1) is 22.3. The minimum absolute atomic E-state index is 0.191. The minimum Gasteiger partial charge on any atom is -0.548 e. The van der Waals surface area contributed by atoms with Gasteiger partial charge in [-0.1, -0.05) is 50.1 Å². The Bertz CT molecular complexity index is 1380. The number of aliphatic carboxylic acids is 1. The number of aryl methyl sites for hydroxylation is 1. The molecule has 0 aliphatic carbocycles. The van der Waals surface area contributed by atoms with E-state index in [4.69, 9.17) is 8.83 Å². The molecule has 1 amide bonds. The number of carboxylic acids is 1. The Balaban J connectivity index is 1.70. The predicted molar refractivity (Wildman–Crippen MR) is 123 cm³/mol. The lowest BCUT2D eigenvalue weighted by Gasteiger charge is -2.19. The number of hydrogen-bond donors (Lipinski definition) is 1. The summed E-state index contributed by atoms with van der Waals surface area (Å²) in [5.41, 5.74) is 3.01. The summed E-state index contributed by atoms with van der Waals surface area (Å²) in [4.78, 5) is 36.5. The molecular formula is C26H24NO6-. The number of nitrogens with one attached hydrogen (secondary N) is 1. The Morgan fingerprint density at radius 3 is 2.55 bits per heavy atom. The van der Waals surface area contributed by atoms with Crippen molar-refractivity contribution in [3.63, 3.8) is 0 Å². The SMILES string of the molecule is CCCC[C@H](NC(=O)Cc1c(C)c2cc3c(-c4ccccc4)coc3cc2oc1=O)C(=O)[O-]. The molecule has 0 saturated carbocycles. The number of rotatable bonds is 8. The summed E-state index contributed by atoms with van der Waals surface area (Å²) in [5, 5.41) is 15.3. The minimum atomic E-state index is -1.34. The second-order valence-electron chi connectivity index (χ2n) is 8.11. The average molecular weight is 446 g/mol. The molecule has 1 atom stereocenters. The number of unbranched alkanes of at least 4 members (excludes halogenated alkanes) is 1. The Kier molecular flexibility index (Phi) is 6.31. The molecule has 7 heteroatoms. The maximum atomic E-state index is 12.6. The van der Waals surface area contributed by atoms with Crippen molar-refractivity contribution in [1.82, 2.24) is 5.32 Å². The number of fused-ring (bicyclic) bond motifs is 2. The Morgan fingerprint density at radius 1 is 1.09 bits per heavy atom. The fraction of sp³-hybridized carbons (Fsp3) is 0.269. The highest BCUT2D eigenvalue weighted by Gasteiger charge is 2.19. The van der Waals surface area contributed by atoms with Gasteiger partial charge in [-0.15, -0.1) is 0 Å². The van der Waals surface area contributed by atoms with E-state index in [1.807, 2.05) is 43.3 Å². The van der Waals surface area contributed by atoms with Crippen LogP contribution in [0.15, 0.2) is 62.4 Å². The van der Waals surface area contributed by atoms with Crippen LogP contribution in [0.25, 0.3) is 33.1 Å². The van der Waals surface area contributed by atoms with E-state index in [1.165, 1.54) is 0 Å². The normalized spacial score (nSPS) is 12.2. The third-order valence-electron chi connectivity index (χ3n) is 5.87. The number of carboxylic acid groups (broad SMARTS) is 1. The van der Waals surface area contributed by atoms with Crippen molar-refractivity contribution < 1.29 is 23.5 Å². The molecule has 0 aliphatic rings. The van der Waals surface area contributed by atoms with Crippen molar-refractivity contribution >= 4 is 33.8 Å². The number of carbonyl (C=O) groups is 2. The number of benzene rings is 2. The molecule has 0 bridgehead atoms. The lowest BCUT2D eigenvalue weighted by atomic mass is 9.99. The number of carbonyl (C=O) groups excluding carboxylic acids is 2. The molecule has 0 spiro atoms. The summed E-state index contributed by atoms with van der Waals surface area (Å²) in [6.07, 6.45) is 3.09. The van der Waals surface area contributed by atoms with Crippen molar-refractivity contribution in [1.29, 1.82) is 0 Å². The summed E-state index contributed by atoms with van der Waals surface area (Å²) in [5.74, 6) is -1.90. The Labute approximate surface area is 190 Å². The van der Waals surface area contributed by atoms with Crippen LogP contribution in [0.4, 0.5) is 0 Å².